The summed E-state index contributed by atoms with van der Waals surface area (Å²) in [6.07, 6.45) is 0. The van der Waals surface area contributed by atoms with Gasteiger partial charge in [0.2, 0.25) is 0 Å². The van der Waals surface area contributed by atoms with Crippen LogP contribution in [0.15, 0.2) is 57.8 Å². The molecule has 2 N–H and O–H groups in total. The van der Waals surface area contributed by atoms with E-state index in [4.69, 9.17) is 5.73 Å². The summed E-state index contributed by atoms with van der Waals surface area (Å²) in [6, 6.07) is 16.4. The Bertz CT molecular complexity index is 940. The summed E-state index contributed by atoms with van der Waals surface area (Å²) in [5.41, 5.74) is 6.76. The fraction of sp³-hybridized carbons (Fsp3) is 0. The fourth-order valence-electron chi connectivity index (χ4n) is 2.34. The molecule has 4 nitrogen and oxygen atoms in total. The first kappa shape index (κ1) is 13.4. The average molecular weight is 340 g/mol. The molecule has 0 amide bonds. The number of hydrogen-bond donors (Lipinski definition) is 1. The first-order chi connectivity index (χ1) is 10.1. The van der Waals surface area contributed by atoms with Crippen LogP contribution in [0, 0.1) is 11.3 Å². The third-order valence-electron chi connectivity index (χ3n) is 3.31. The fourth-order valence-corrected chi connectivity index (χ4v) is 2.70. The second-order valence-corrected chi connectivity index (χ2v) is 5.45. The van der Waals surface area contributed by atoms with Crippen molar-refractivity contribution in [3.8, 4) is 11.8 Å². The maximum atomic E-state index is 12.7. The van der Waals surface area contributed by atoms with Crippen molar-refractivity contribution in [2.24, 2.45) is 0 Å². The number of nitrogens with zero attached hydrogens (tertiary/aromatic N) is 2. The summed E-state index contributed by atoms with van der Waals surface area (Å²) in [4.78, 5) is 12.7. The van der Waals surface area contributed by atoms with Crippen LogP contribution in [0.1, 0.15) is 5.56 Å². The molecule has 2 aromatic carbocycles. The standard InChI is InChI=1S/C16H10BrN3O/c17-10-6-7-12-13(8-10)16(21)20(15(19)14(12)9-18)11-4-2-1-3-5-11/h1-8H,19H2. The van der Waals surface area contributed by atoms with Gasteiger partial charge in [-0.1, -0.05) is 40.2 Å². The van der Waals surface area contributed by atoms with Gasteiger partial charge in [-0.05, 0) is 24.3 Å². The second kappa shape index (κ2) is 5.08. The van der Waals surface area contributed by atoms with Gasteiger partial charge in [0.05, 0.1) is 11.1 Å². The van der Waals surface area contributed by atoms with Crippen molar-refractivity contribution in [1.29, 1.82) is 5.26 Å². The van der Waals surface area contributed by atoms with Crippen LogP contribution >= 0.6 is 15.9 Å². The second-order valence-electron chi connectivity index (χ2n) is 4.54. The van der Waals surface area contributed by atoms with Gasteiger partial charge >= 0.3 is 0 Å². The summed E-state index contributed by atoms with van der Waals surface area (Å²) in [7, 11) is 0. The van der Waals surface area contributed by atoms with Gasteiger partial charge in [-0.3, -0.25) is 9.36 Å². The summed E-state index contributed by atoms with van der Waals surface area (Å²) in [6.45, 7) is 0. The van der Waals surface area contributed by atoms with E-state index in [-0.39, 0.29) is 11.4 Å². The Hall–Kier alpha value is -2.58. The number of aromatic nitrogens is 1. The molecule has 102 valence electrons. The molecule has 0 aliphatic heterocycles. The summed E-state index contributed by atoms with van der Waals surface area (Å²) >= 11 is 3.35. The van der Waals surface area contributed by atoms with Gasteiger partial charge in [0, 0.05) is 9.86 Å². The molecular formula is C16H10BrN3O. The molecule has 0 spiro atoms. The van der Waals surface area contributed by atoms with Gasteiger partial charge in [-0.15, -0.1) is 0 Å². The van der Waals surface area contributed by atoms with Crippen LogP contribution in [-0.4, -0.2) is 4.57 Å². The molecule has 0 saturated heterocycles. The molecule has 0 unspecified atom stereocenters. The van der Waals surface area contributed by atoms with Crippen molar-refractivity contribution in [3.05, 3.63) is 68.9 Å². The number of hydrogen-bond acceptors (Lipinski definition) is 3. The van der Waals surface area contributed by atoms with E-state index in [1.165, 1.54) is 4.57 Å². The van der Waals surface area contributed by atoms with E-state index >= 15 is 0 Å². The minimum atomic E-state index is -0.242. The molecule has 21 heavy (non-hydrogen) atoms. The van der Waals surface area contributed by atoms with E-state index in [2.05, 4.69) is 22.0 Å². The van der Waals surface area contributed by atoms with E-state index in [1.54, 1.807) is 30.3 Å². The largest absolute Gasteiger partial charge is 0.384 e. The van der Waals surface area contributed by atoms with Crippen molar-refractivity contribution in [1.82, 2.24) is 4.57 Å². The molecule has 0 bridgehead atoms. The van der Waals surface area contributed by atoms with Crippen LogP contribution in [-0.2, 0) is 0 Å². The Morgan fingerprint density at radius 2 is 1.81 bits per heavy atom. The minimum Gasteiger partial charge on any atom is -0.384 e. The Labute approximate surface area is 129 Å². The van der Waals surface area contributed by atoms with Gasteiger partial charge in [-0.25, -0.2) is 0 Å². The third kappa shape index (κ3) is 2.10. The Balaban J connectivity index is 2.53. The topological polar surface area (TPSA) is 71.8 Å². The molecule has 1 aromatic heterocycles. The molecule has 0 fully saturated rings. The number of nitriles is 1. The molecule has 5 heteroatoms. The van der Waals surface area contributed by atoms with E-state index in [1.807, 2.05) is 18.2 Å². The van der Waals surface area contributed by atoms with Crippen LogP contribution in [0.2, 0.25) is 0 Å². The maximum absolute atomic E-state index is 12.7. The lowest BCUT2D eigenvalue weighted by molar-refractivity contribution is 1.02. The van der Waals surface area contributed by atoms with Gasteiger partial charge in [0.25, 0.3) is 5.56 Å². The number of pyridine rings is 1. The lowest BCUT2D eigenvalue weighted by Gasteiger charge is -2.13. The van der Waals surface area contributed by atoms with Crippen molar-refractivity contribution in [3.63, 3.8) is 0 Å². The van der Waals surface area contributed by atoms with Gasteiger partial charge in [-0.2, -0.15) is 5.26 Å². The predicted octanol–water partition coefficient (Wildman–Crippen LogP) is 3.21. The molecular weight excluding hydrogens is 330 g/mol. The monoisotopic (exact) mass is 339 g/mol. The van der Waals surface area contributed by atoms with Crippen LogP contribution in [0.5, 0.6) is 0 Å². The maximum Gasteiger partial charge on any atom is 0.264 e. The zero-order chi connectivity index (χ0) is 15.0. The normalized spacial score (nSPS) is 10.5. The van der Waals surface area contributed by atoms with E-state index < -0.39 is 0 Å². The van der Waals surface area contributed by atoms with Gasteiger partial charge in [0.1, 0.15) is 17.5 Å². The highest BCUT2D eigenvalue weighted by atomic mass is 79.9. The lowest BCUT2D eigenvalue weighted by atomic mass is 10.1. The predicted molar refractivity (Wildman–Crippen MR) is 86.4 cm³/mol. The van der Waals surface area contributed by atoms with Crippen molar-refractivity contribution >= 4 is 32.5 Å². The van der Waals surface area contributed by atoms with E-state index in [0.29, 0.717) is 22.0 Å². The summed E-state index contributed by atoms with van der Waals surface area (Å²) in [5, 5.41) is 10.4. The van der Waals surface area contributed by atoms with Gasteiger partial charge in [0.15, 0.2) is 0 Å². The number of benzene rings is 2. The number of anilines is 1. The molecule has 0 aliphatic carbocycles. The summed E-state index contributed by atoms with van der Waals surface area (Å²) < 4.78 is 2.15. The highest BCUT2D eigenvalue weighted by molar-refractivity contribution is 9.10. The number of nitrogens with two attached hydrogens (primary N) is 1. The lowest BCUT2D eigenvalue weighted by Crippen LogP contribution is -2.23. The Morgan fingerprint density at radius 1 is 1.10 bits per heavy atom. The van der Waals surface area contributed by atoms with Crippen LogP contribution in [0.3, 0.4) is 0 Å². The Morgan fingerprint density at radius 3 is 2.48 bits per heavy atom. The molecule has 3 aromatic rings. The third-order valence-corrected chi connectivity index (χ3v) is 3.80. The van der Waals surface area contributed by atoms with Crippen molar-refractivity contribution in [2.45, 2.75) is 0 Å². The van der Waals surface area contributed by atoms with Crippen LogP contribution < -0.4 is 11.3 Å². The van der Waals surface area contributed by atoms with Crippen LogP contribution in [0.25, 0.3) is 16.5 Å². The van der Waals surface area contributed by atoms with E-state index in [9.17, 15) is 10.1 Å². The first-order valence-electron chi connectivity index (χ1n) is 6.22. The van der Waals surface area contributed by atoms with Crippen LogP contribution in [0.4, 0.5) is 5.82 Å². The molecule has 0 saturated carbocycles. The zero-order valence-electron chi connectivity index (χ0n) is 10.9. The molecule has 3 rings (SSSR count). The van der Waals surface area contributed by atoms with Gasteiger partial charge < -0.3 is 5.73 Å². The highest BCUT2D eigenvalue weighted by Gasteiger charge is 2.15. The van der Waals surface area contributed by atoms with E-state index in [0.717, 1.165) is 4.47 Å². The number of halogens is 1. The molecule has 0 aliphatic rings. The average Bonchev–Trinajstić information content (AvgIpc) is 2.50. The number of para-hydroxylation sites is 1. The number of fused-ring (bicyclic) bond motifs is 1. The smallest absolute Gasteiger partial charge is 0.264 e. The quantitative estimate of drug-likeness (QED) is 0.739. The summed E-state index contributed by atoms with van der Waals surface area (Å²) in [5.74, 6) is 0.156. The number of rotatable bonds is 1. The molecule has 1 heterocycles. The number of nitrogen functional groups attached to an aromatic ring is 1. The Kier molecular flexibility index (Phi) is 3.24. The minimum absolute atomic E-state index is 0.156. The SMILES string of the molecule is N#Cc1c(N)n(-c2ccccc2)c(=O)c2cc(Br)ccc12. The van der Waals surface area contributed by atoms with Crippen molar-refractivity contribution in [2.75, 3.05) is 5.73 Å². The highest BCUT2D eigenvalue weighted by Crippen LogP contribution is 2.25. The molecule has 0 atom stereocenters. The zero-order valence-corrected chi connectivity index (χ0v) is 12.5. The first-order valence-corrected chi connectivity index (χ1v) is 7.02. The molecule has 0 radical (unpaired) electrons. The van der Waals surface area contributed by atoms with Crippen molar-refractivity contribution < 1.29 is 0 Å².